The molecule has 1 aromatic carbocycles. The largest absolute Gasteiger partial charge is 0.468 e. The lowest BCUT2D eigenvalue weighted by atomic mass is 10.00. The molecule has 0 aromatic heterocycles. The molecule has 0 fully saturated rings. The second-order valence-corrected chi connectivity index (χ2v) is 5.25. The van der Waals surface area contributed by atoms with E-state index in [1.807, 2.05) is 13.8 Å². The Bertz CT molecular complexity index is 449. The molecule has 0 amide bonds. The van der Waals surface area contributed by atoms with Crippen LogP contribution >= 0.6 is 9.39 Å². The van der Waals surface area contributed by atoms with Crippen LogP contribution in [0.1, 0.15) is 16.7 Å². The van der Waals surface area contributed by atoms with Crippen LogP contribution in [0, 0.1) is 19.7 Å². The number of carbonyl (C=O) groups is 1. The lowest BCUT2D eigenvalue weighted by molar-refractivity contribution is -0.144. The van der Waals surface area contributed by atoms with Crippen molar-refractivity contribution in [1.29, 1.82) is 0 Å². The summed E-state index contributed by atoms with van der Waals surface area (Å²) in [7, 11) is 5.49. The highest BCUT2D eigenvalue weighted by Crippen LogP contribution is 2.19. The van der Waals surface area contributed by atoms with E-state index in [1.165, 1.54) is 13.2 Å². The Kier molecular flexibility index (Phi) is 5.24. The molecule has 0 aliphatic carbocycles. The molecule has 0 N–H and O–H groups in total. The van der Waals surface area contributed by atoms with Gasteiger partial charge in [0.2, 0.25) is 0 Å². The third-order valence-electron chi connectivity index (χ3n) is 3.04. The second-order valence-electron chi connectivity index (χ2n) is 4.44. The predicted octanol–water partition coefficient (Wildman–Crippen LogP) is 2.25. The average Bonchev–Trinajstić information content (AvgIpc) is 2.30. The summed E-state index contributed by atoms with van der Waals surface area (Å²) in [5.74, 6) is -0.649. The number of benzene rings is 1. The molecule has 2 atom stereocenters. The van der Waals surface area contributed by atoms with Crippen molar-refractivity contribution in [3.05, 3.63) is 34.6 Å². The number of halogens is 1. The molecule has 1 rings (SSSR count). The molecule has 18 heavy (non-hydrogen) atoms. The molecule has 3 nitrogen and oxygen atoms in total. The summed E-state index contributed by atoms with van der Waals surface area (Å²) in [4.78, 5) is 11.6. The molecule has 0 saturated heterocycles. The normalized spacial score (nSPS) is 12.6. The van der Waals surface area contributed by atoms with Gasteiger partial charge < -0.3 is 4.74 Å². The van der Waals surface area contributed by atoms with E-state index < -0.39 is 6.04 Å². The third-order valence-corrected chi connectivity index (χ3v) is 3.40. The van der Waals surface area contributed by atoms with Crippen LogP contribution in [0.3, 0.4) is 0 Å². The van der Waals surface area contributed by atoms with Crippen molar-refractivity contribution in [1.82, 2.24) is 4.67 Å². The van der Waals surface area contributed by atoms with Crippen LogP contribution in [-0.2, 0) is 16.0 Å². The molecule has 0 radical (unpaired) electrons. The number of carbonyl (C=O) groups excluding carboxylic acids is 1. The number of aryl methyl sites for hydroxylation is 2. The lowest BCUT2D eigenvalue weighted by Crippen LogP contribution is -2.35. The number of methoxy groups -OCH3 is 1. The van der Waals surface area contributed by atoms with Gasteiger partial charge in [-0.1, -0.05) is 15.5 Å². The number of likely N-dealkylation sites (N-methyl/N-ethyl adjacent to an activating group) is 1. The first-order chi connectivity index (χ1) is 8.36. The Morgan fingerprint density at radius 3 is 2.50 bits per heavy atom. The summed E-state index contributed by atoms with van der Waals surface area (Å²) in [5, 5.41) is 0. The van der Waals surface area contributed by atoms with E-state index in [0.717, 1.165) is 11.1 Å². The topological polar surface area (TPSA) is 29.5 Å². The van der Waals surface area contributed by atoms with Gasteiger partial charge in [0.25, 0.3) is 0 Å². The summed E-state index contributed by atoms with van der Waals surface area (Å²) < 4.78 is 20.2. The maximum Gasteiger partial charge on any atom is 0.323 e. The Morgan fingerprint density at radius 2 is 2.00 bits per heavy atom. The van der Waals surface area contributed by atoms with Crippen molar-refractivity contribution in [2.45, 2.75) is 26.3 Å². The molecule has 5 heteroatoms. The molecule has 0 aliphatic rings. The van der Waals surface area contributed by atoms with Crippen LogP contribution < -0.4 is 0 Å². The summed E-state index contributed by atoms with van der Waals surface area (Å²) in [6.45, 7) is 3.79. The van der Waals surface area contributed by atoms with E-state index >= 15 is 0 Å². The van der Waals surface area contributed by atoms with Crippen molar-refractivity contribution < 1.29 is 13.9 Å². The van der Waals surface area contributed by atoms with Crippen molar-refractivity contribution in [2.75, 3.05) is 14.2 Å². The highest BCUT2D eigenvalue weighted by molar-refractivity contribution is 7.13. The van der Waals surface area contributed by atoms with Gasteiger partial charge in [-0.25, -0.2) is 4.39 Å². The standard InChI is InChI=1S/C13H19FNO2P/c1-8-5-10(11(14)6-9(8)2)7-12(15(3)18)13(16)17-4/h5-6,12H,7,18H2,1-4H3. The number of ether oxygens (including phenoxy) is 1. The quantitative estimate of drug-likeness (QED) is 0.621. The van der Waals surface area contributed by atoms with E-state index in [0.29, 0.717) is 12.0 Å². The fourth-order valence-electron chi connectivity index (χ4n) is 1.74. The number of nitrogens with zero attached hydrogens (tertiary/aromatic N) is 1. The average molecular weight is 271 g/mol. The van der Waals surface area contributed by atoms with Gasteiger partial charge in [0.1, 0.15) is 11.9 Å². The Morgan fingerprint density at radius 1 is 1.44 bits per heavy atom. The number of hydrogen-bond acceptors (Lipinski definition) is 3. The highest BCUT2D eigenvalue weighted by atomic mass is 31.0. The van der Waals surface area contributed by atoms with E-state index in [-0.39, 0.29) is 11.8 Å². The summed E-state index contributed by atoms with van der Waals surface area (Å²) in [6.07, 6.45) is 0.291. The van der Waals surface area contributed by atoms with Gasteiger partial charge in [-0.2, -0.15) is 0 Å². The third kappa shape index (κ3) is 3.50. The van der Waals surface area contributed by atoms with Crippen molar-refractivity contribution >= 4 is 15.4 Å². The molecule has 0 saturated carbocycles. The van der Waals surface area contributed by atoms with Gasteiger partial charge in [0, 0.05) is 6.42 Å². The fraction of sp³-hybridized carbons (Fsp3) is 0.462. The smallest absolute Gasteiger partial charge is 0.323 e. The molecule has 0 bridgehead atoms. The van der Waals surface area contributed by atoms with Gasteiger partial charge in [-0.3, -0.25) is 9.46 Å². The zero-order valence-corrected chi connectivity index (χ0v) is 12.3. The Hall–Kier alpha value is -0.990. The molecule has 0 heterocycles. The number of rotatable bonds is 4. The molecule has 100 valence electrons. The van der Waals surface area contributed by atoms with E-state index in [9.17, 15) is 9.18 Å². The van der Waals surface area contributed by atoms with Crippen LogP contribution in [0.25, 0.3) is 0 Å². The van der Waals surface area contributed by atoms with E-state index in [1.54, 1.807) is 17.8 Å². The van der Waals surface area contributed by atoms with Crippen molar-refractivity contribution in [3.63, 3.8) is 0 Å². The molecule has 0 spiro atoms. The summed E-state index contributed by atoms with van der Waals surface area (Å²) in [6, 6.07) is 2.79. The maximum absolute atomic E-state index is 13.8. The Labute approximate surface area is 110 Å². The first kappa shape index (κ1) is 15.1. The minimum Gasteiger partial charge on any atom is -0.468 e. The number of esters is 1. The van der Waals surface area contributed by atoms with Gasteiger partial charge >= 0.3 is 5.97 Å². The van der Waals surface area contributed by atoms with E-state index in [2.05, 4.69) is 9.39 Å². The first-order valence-electron chi connectivity index (χ1n) is 5.67. The molecule has 0 aliphatic heterocycles. The van der Waals surface area contributed by atoms with Crippen molar-refractivity contribution in [3.8, 4) is 0 Å². The number of hydrogen-bond donors (Lipinski definition) is 0. The van der Waals surface area contributed by atoms with Gasteiger partial charge in [0.15, 0.2) is 0 Å². The lowest BCUT2D eigenvalue weighted by Gasteiger charge is -2.22. The SMILES string of the molecule is COC(=O)C(Cc1cc(C)c(C)cc1F)N(C)P. The van der Waals surface area contributed by atoms with Crippen LogP contribution in [-0.4, -0.2) is 30.8 Å². The highest BCUT2D eigenvalue weighted by Gasteiger charge is 2.23. The summed E-state index contributed by atoms with van der Waals surface area (Å²) >= 11 is 0. The van der Waals surface area contributed by atoms with Gasteiger partial charge in [-0.05, 0) is 43.7 Å². The molecular weight excluding hydrogens is 252 g/mol. The summed E-state index contributed by atoms with van der Waals surface area (Å²) in [5.41, 5.74) is 2.45. The molecule has 2 unspecified atom stereocenters. The van der Waals surface area contributed by atoms with Crippen LogP contribution in [0.15, 0.2) is 12.1 Å². The van der Waals surface area contributed by atoms with E-state index in [4.69, 9.17) is 4.74 Å². The van der Waals surface area contributed by atoms with Crippen LogP contribution in [0.2, 0.25) is 0 Å². The van der Waals surface area contributed by atoms with Gasteiger partial charge in [0.05, 0.1) is 7.11 Å². The Balaban J connectivity index is 3.01. The second kappa shape index (κ2) is 6.26. The first-order valence-corrected chi connectivity index (χ1v) is 6.19. The minimum atomic E-state index is -0.503. The zero-order valence-electron chi connectivity index (χ0n) is 11.2. The van der Waals surface area contributed by atoms with Gasteiger partial charge in [-0.15, -0.1) is 0 Å². The molecular formula is C13H19FNO2P. The van der Waals surface area contributed by atoms with Crippen LogP contribution in [0.4, 0.5) is 4.39 Å². The predicted molar refractivity (Wildman–Crippen MR) is 72.9 cm³/mol. The zero-order chi connectivity index (χ0) is 13.9. The molecule has 1 aromatic rings. The van der Waals surface area contributed by atoms with Crippen molar-refractivity contribution in [2.24, 2.45) is 0 Å². The monoisotopic (exact) mass is 271 g/mol. The minimum absolute atomic E-state index is 0.279. The fourth-order valence-corrected chi connectivity index (χ4v) is 1.96. The van der Waals surface area contributed by atoms with Crippen LogP contribution in [0.5, 0.6) is 0 Å². The maximum atomic E-state index is 13.8.